The summed E-state index contributed by atoms with van der Waals surface area (Å²) >= 11 is 2.74. The van der Waals surface area contributed by atoms with Crippen LogP contribution in [-0.4, -0.2) is 4.98 Å². The van der Waals surface area contributed by atoms with Crippen molar-refractivity contribution >= 4 is 23.1 Å². The third-order valence-electron chi connectivity index (χ3n) is 1.60. The van der Waals surface area contributed by atoms with Crippen LogP contribution >= 0.6 is 23.1 Å². The van der Waals surface area contributed by atoms with Gasteiger partial charge in [-0.05, 0) is 29.6 Å². The third-order valence-corrected chi connectivity index (χ3v) is 3.48. The topological polar surface area (TPSA) is 30.0 Å². The zero-order valence-electron chi connectivity index (χ0n) is 7.51. The normalized spacial score (nSPS) is 10.2. The van der Waals surface area contributed by atoms with Gasteiger partial charge in [0.2, 0.25) is 0 Å². The second-order valence-corrected chi connectivity index (χ2v) is 4.91. The molecule has 0 spiro atoms. The SMILES string of the molecule is O=c1ccsc(Sc2ccc(F)cc2)n1. The van der Waals surface area contributed by atoms with Gasteiger partial charge in [0.15, 0.2) is 4.34 Å². The fraction of sp³-hybridized carbons (Fsp3) is 0. The summed E-state index contributed by atoms with van der Waals surface area (Å²) in [4.78, 5) is 15.6. The lowest BCUT2D eigenvalue weighted by Crippen LogP contribution is -2.01. The summed E-state index contributed by atoms with van der Waals surface area (Å²) < 4.78 is 13.3. The van der Waals surface area contributed by atoms with Crippen LogP contribution in [0.15, 0.2) is 49.7 Å². The molecule has 0 atom stereocenters. The average Bonchev–Trinajstić information content (AvgIpc) is 2.22. The minimum Gasteiger partial charge on any atom is -0.267 e. The maximum Gasteiger partial charge on any atom is 0.272 e. The van der Waals surface area contributed by atoms with E-state index in [-0.39, 0.29) is 11.4 Å². The fourth-order valence-corrected chi connectivity index (χ4v) is 2.66. The molecular weight excluding hydrogens is 233 g/mol. The number of rotatable bonds is 2. The fourth-order valence-electron chi connectivity index (χ4n) is 0.954. The van der Waals surface area contributed by atoms with Gasteiger partial charge in [-0.1, -0.05) is 11.8 Å². The van der Waals surface area contributed by atoms with Crippen molar-refractivity contribution in [3.63, 3.8) is 0 Å². The summed E-state index contributed by atoms with van der Waals surface area (Å²) in [6, 6.07) is 7.50. The van der Waals surface area contributed by atoms with Crippen LogP contribution in [0.5, 0.6) is 0 Å². The van der Waals surface area contributed by atoms with Crippen LogP contribution in [-0.2, 0) is 0 Å². The molecule has 0 saturated heterocycles. The molecule has 0 fully saturated rings. The Balaban J connectivity index is 2.22. The van der Waals surface area contributed by atoms with Crippen LogP contribution in [0, 0.1) is 5.82 Å². The molecule has 1 heterocycles. The number of hydrogen-bond donors (Lipinski definition) is 0. The lowest BCUT2D eigenvalue weighted by molar-refractivity contribution is 0.626. The van der Waals surface area contributed by atoms with Crippen LogP contribution in [0.3, 0.4) is 0 Å². The maximum atomic E-state index is 12.6. The molecule has 1 aromatic carbocycles. The van der Waals surface area contributed by atoms with Crippen LogP contribution < -0.4 is 5.56 Å². The van der Waals surface area contributed by atoms with Crippen molar-refractivity contribution in [3.8, 4) is 0 Å². The standard InChI is InChI=1S/C10H6FNOS2/c11-7-1-3-8(4-2-7)15-10-12-9(13)5-6-14-10/h1-6H. The minimum atomic E-state index is -0.270. The Labute approximate surface area is 93.8 Å². The molecule has 0 saturated carbocycles. The zero-order chi connectivity index (χ0) is 10.7. The molecule has 0 aliphatic rings. The molecule has 76 valence electrons. The highest BCUT2D eigenvalue weighted by molar-refractivity contribution is 8.01. The molecule has 2 nitrogen and oxygen atoms in total. The van der Waals surface area contributed by atoms with E-state index < -0.39 is 0 Å². The van der Waals surface area contributed by atoms with Gasteiger partial charge in [-0.2, -0.15) is 4.98 Å². The van der Waals surface area contributed by atoms with Crippen molar-refractivity contribution < 1.29 is 4.39 Å². The predicted molar refractivity (Wildman–Crippen MR) is 58.9 cm³/mol. The van der Waals surface area contributed by atoms with E-state index in [0.29, 0.717) is 4.34 Å². The van der Waals surface area contributed by atoms with Gasteiger partial charge in [0.1, 0.15) is 5.82 Å². The highest BCUT2D eigenvalue weighted by Gasteiger charge is 2.00. The van der Waals surface area contributed by atoms with Gasteiger partial charge in [-0.25, -0.2) is 4.39 Å². The Hall–Kier alpha value is -1.20. The summed E-state index contributed by atoms with van der Waals surface area (Å²) in [6.07, 6.45) is 0. The first-order chi connectivity index (χ1) is 7.24. The maximum absolute atomic E-state index is 12.6. The minimum absolute atomic E-state index is 0.252. The number of hydrogen-bond acceptors (Lipinski definition) is 4. The molecule has 2 rings (SSSR count). The van der Waals surface area contributed by atoms with Crippen LogP contribution in [0.1, 0.15) is 0 Å². The largest absolute Gasteiger partial charge is 0.272 e. The summed E-state index contributed by atoms with van der Waals surface area (Å²) in [5, 5.41) is 1.70. The zero-order valence-corrected chi connectivity index (χ0v) is 9.15. The third kappa shape index (κ3) is 2.87. The molecular formula is C10H6FNOS2. The first kappa shape index (κ1) is 10.3. The number of aromatic nitrogens is 1. The smallest absolute Gasteiger partial charge is 0.267 e. The number of halogens is 1. The molecule has 0 N–H and O–H groups in total. The second kappa shape index (κ2) is 4.55. The molecule has 0 radical (unpaired) electrons. The highest BCUT2D eigenvalue weighted by atomic mass is 32.2. The Morgan fingerprint density at radius 1 is 1.20 bits per heavy atom. The lowest BCUT2D eigenvalue weighted by Gasteiger charge is -1.98. The van der Waals surface area contributed by atoms with Gasteiger partial charge in [-0.3, -0.25) is 4.79 Å². The Kier molecular flexibility index (Phi) is 3.13. The summed E-state index contributed by atoms with van der Waals surface area (Å²) in [7, 11) is 0. The van der Waals surface area contributed by atoms with Gasteiger partial charge < -0.3 is 0 Å². The second-order valence-electron chi connectivity index (χ2n) is 2.69. The van der Waals surface area contributed by atoms with Gasteiger partial charge in [-0.15, -0.1) is 11.3 Å². The van der Waals surface area contributed by atoms with E-state index in [1.807, 2.05) is 0 Å². The van der Waals surface area contributed by atoms with Crippen molar-refractivity contribution in [1.82, 2.24) is 4.98 Å². The Morgan fingerprint density at radius 2 is 1.93 bits per heavy atom. The molecule has 0 bridgehead atoms. The molecule has 0 amide bonds. The molecule has 1 aromatic heterocycles. The lowest BCUT2D eigenvalue weighted by atomic mass is 10.4. The van der Waals surface area contributed by atoms with Crippen molar-refractivity contribution in [3.05, 3.63) is 51.9 Å². The molecule has 5 heteroatoms. The van der Waals surface area contributed by atoms with Gasteiger partial charge in [0.25, 0.3) is 5.56 Å². The van der Waals surface area contributed by atoms with E-state index in [4.69, 9.17) is 0 Å². The van der Waals surface area contributed by atoms with Crippen LogP contribution in [0.4, 0.5) is 4.39 Å². The van der Waals surface area contributed by atoms with Crippen molar-refractivity contribution in [2.45, 2.75) is 9.24 Å². The molecule has 0 aliphatic carbocycles. The van der Waals surface area contributed by atoms with E-state index in [2.05, 4.69) is 4.98 Å². The number of nitrogens with zero attached hydrogens (tertiary/aromatic N) is 1. The first-order valence-corrected chi connectivity index (χ1v) is 5.83. The van der Waals surface area contributed by atoms with Gasteiger partial charge >= 0.3 is 0 Å². The van der Waals surface area contributed by atoms with E-state index in [1.54, 1.807) is 17.5 Å². The van der Waals surface area contributed by atoms with E-state index in [0.717, 1.165) is 4.90 Å². The molecule has 0 unspecified atom stereocenters. The van der Waals surface area contributed by atoms with Gasteiger partial charge in [0.05, 0.1) is 0 Å². The summed E-state index contributed by atoms with van der Waals surface area (Å²) in [5.41, 5.74) is -0.252. The van der Waals surface area contributed by atoms with E-state index >= 15 is 0 Å². The average molecular weight is 239 g/mol. The molecule has 2 aromatic rings. The van der Waals surface area contributed by atoms with Crippen molar-refractivity contribution in [1.29, 1.82) is 0 Å². The van der Waals surface area contributed by atoms with Crippen molar-refractivity contribution in [2.24, 2.45) is 0 Å². The van der Waals surface area contributed by atoms with Crippen LogP contribution in [0.2, 0.25) is 0 Å². The van der Waals surface area contributed by atoms with E-state index in [9.17, 15) is 9.18 Å². The monoisotopic (exact) mass is 239 g/mol. The van der Waals surface area contributed by atoms with E-state index in [1.165, 1.54) is 41.3 Å². The van der Waals surface area contributed by atoms with Gasteiger partial charge in [0, 0.05) is 11.0 Å². The number of benzene rings is 1. The Morgan fingerprint density at radius 3 is 2.60 bits per heavy atom. The Bertz CT molecular complexity index is 509. The van der Waals surface area contributed by atoms with Crippen LogP contribution in [0.25, 0.3) is 0 Å². The highest BCUT2D eigenvalue weighted by Crippen LogP contribution is 2.27. The van der Waals surface area contributed by atoms with Crippen molar-refractivity contribution in [2.75, 3.05) is 0 Å². The quantitative estimate of drug-likeness (QED) is 0.807. The predicted octanol–water partition coefficient (Wildman–Crippen LogP) is 2.79. The first-order valence-electron chi connectivity index (χ1n) is 4.13. The molecule has 15 heavy (non-hydrogen) atoms. The molecule has 0 aliphatic heterocycles. The summed E-state index contributed by atoms with van der Waals surface area (Å²) in [6.45, 7) is 0. The summed E-state index contributed by atoms with van der Waals surface area (Å²) in [5.74, 6) is -0.270.